The van der Waals surface area contributed by atoms with Gasteiger partial charge in [-0.3, -0.25) is 9.78 Å². The van der Waals surface area contributed by atoms with E-state index in [0.717, 1.165) is 12.1 Å². The number of pyridine rings is 1. The number of benzene rings is 1. The number of alkyl halides is 4. The number of halogens is 4. The molecule has 2 rings (SSSR count). The summed E-state index contributed by atoms with van der Waals surface area (Å²) in [4.78, 5) is 15.4. The summed E-state index contributed by atoms with van der Waals surface area (Å²) in [5, 5.41) is 0.178. The summed E-state index contributed by atoms with van der Waals surface area (Å²) in [5.41, 5.74) is 0.440. The van der Waals surface area contributed by atoms with Crippen molar-refractivity contribution in [2.75, 3.05) is 5.33 Å². The lowest BCUT2D eigenvalue weighted by Gasteiger charge is -2.08. The van der Waals surface area contributed by atoms with Crippen LogP contribution in [0.25, 0.3) is 11.3 Å². The van der Waals surface area contributed by atoms with Gasteiger partial charge in [-0.05, 0) is 24.3 Å². The molecule has 0 bridgehead atoms. The number of Topliss-reactive ketones (excluding diaryl/α,β-unsaturated/α-hetero) is 1. The van der Waals surface area contributed by atoms with Crippen LogP contribution in [0.15, 0.2) is 42.6 Å². The molecule has 1 aromatic carbocycles. The van der Waals surface area contributed by atoms with Crippen LogP contribution in [0.4, 0.5) is 13.2 Å². The van der Waals surface area contributed by atoms with Crippen LogP contribution in [-0.2, 0) is 6.18 Å². The van der Waals surface area contributed by atoms with Crippen LogP contribution in [-0.4, -0.2) is 16.1 Å². The number of hydrogen-bond donors (Lipinski definition) is 0. The number of carbonyl (C=O) groups is 1. The van der Waals surface area contributed by atoms with Crippen molar-refractivity contribution in [3.8, 4) is 11.3 Å². The highest BCUT2D eigenvalue weighted by Crippen LogP contribution is 2.31. The lowest BCUT2D eigenvalue weighted by Crippen LogP contribution is -2.04. The van der Waals surface area contributed by atoms with Gasteiger partial charge < -0.3 is 0 Å². The minimum absolute atomic E-state index is 0.131. The topological polar surface area (TPSA) is 30.0 Å². The molecule has 0 atom stereocenters. The molecule has 0 unspecified atom stereocenters. The fourth-order valence-electron chi connectivity index (χ4n) is 1.66. The van der Waals surface area contributed by atoms with E-state index in [1.54, 1.807) is 12.1 Å². The fourth-order valence-corrected chi connectivity index (χ4v) is 1.99. The predicted octanol–water partition coefficient (Wildman–Crippen LogP) is 4.35. The smallest absolute Gasteiger partial charge is 0.293 e. The maximum absolute atomic E-state index is 12.6. The van der Waals surface area contributed by atoms with Crippen molar-refractivity contribution in [3.63, 3.8) is 0 Å². The molecule has 0 aliphatic rings. The Kier molecular flexibility index (Phi) is 4.23. The Morgan fingerprint density at radius 1 is 1.20 bits per heavy atom. The first kappa shape index (κ1) is 14.7. The number of hydrogen-bond acceptors (Lipinski definition) is 2. The van der Waals surface area contributed by atoms with Crippen molar-refractivity contribution in [3.05, 3.63) is 53.7 Å². The van der Waals surface area contributed by atoms with Crippen molar-refractivity contribution in [2.45, 2.75) is 6.18 Å². The van der Waals surface area contributed by atoms with Crippen LogP contribution in [0.1, 0.15) is 15.9 Å². The predicted molar refractivity (Wildman–Crippen MR) is 72.8 cm³/mol. The summed E-state index contributed by atoms with van der Waals surface area (Å²) in [6.07, 6.45) is -3.03. The number of rotatable bonds is 3. The summed E-state index contributed by atoms with van der Waals surface area (Å²) in [7, 11) is 0. The lowest BCUT2D eigenvalue weighted by molar-refractivity contribution is -0.137. The fraction of sp³-hybridized carbons (Fsp3) is 0.143. The zero-order valence-electron chi connectivity index (χ0n) is 10.1. The highest BCUT2D eigenvalue weighted by Gasteiger charge is 2.30. The highest BCUT2D eigenvalue weighted by atomic mass is 79.9. The van der Waals surface area contributed by atoms with E-state index in [2.05, 4.69) is 20.9 Å². The molecule has 0 fully saturated rings. The van der Waals surface area contributed by atoms with Gasteiger partial charge >= 0.3 is 6.18 Å². The van der Waals surface area contributed by atoms with Gasteiger partial charge in [0.15, 0.2) is 5.78 Å². The summed E-state index contributed by atoms with van der Waals surface area (Å²) in [6, 6.07) is 8.00. The van der Waals surface area contributed by atoms with Crippen LogP contribution in [0.5, 0.6) is 0 Å². The van der Waals surface area contributed by atoms with Crippen LogP contribution >= 0.6 is 15.9 Å². The van der Waals surface area contributed by atoms with Gasteiger partial charge in [0.25, 0.3) is 0 Å². The second-order valence-electron chi connectivity index (χ2n) is 4.07. The molecule has 0 spiro atoms. The van der Waals surface area contributed by atoms with E-state index in [9.17, 15) is 18.0 Å². The molecule has 104 valence electrons. The van der Waals surface area contributed by atoms with Crippen LogP contribution in [0, 0.1) is 0 Å². The summed E-state index contributed by atoms with van der Waals surface area (Å²) in [5.74, 6) is -0.131. The van der Waals surface area contributed by atoms with Crippen molar-refractivity contribution in [2.24, 2.45) is 0 Å². The molecule has 0 saturated heterocycles. The minimum atomic E-state index is -4.39. The van der Waals surface area contributed by atoms with Gasteiger partial charge in [0.05, 0.1) is 16.6 Å². The standard InChI is InChI=1S/C14H9BrF3NO/c15-7-13(20)10-4-5-12(19-8-10)9-2-1-3-11(6-9)14(16,17)18/h1-6,8H,7H2. The SMILES string of the molecule is O=C(CBr)c1ccc(-c2cccc(C(F)(F)F)c2)nc1. The van der Waals surface area contributed by atoms with E-state index in [0.29, 0.717) is 16.8 Å². The third-order valence-electron chi connectivity index (χ3n) is 2.69. The van der Waals surface area contributed by atoms with Gasteiger partial charge in [0.2, 0.25) is 0 Å². The van der Waals surface area contributed by atoms with Crippen LogP contribution in [0.3, 0.4) is 0 Å². The Hall–Kier alpha value is -1.69. The van der Waals surface area contributed by atoms with Crippen molar-refractivity contribution in [1.29, 1.82) is 0 Å². The number of carbonyl (C=O) groups excluding carboxylic acids is 1. The van der Waals surface area contributed by atoms with Crippen molar-refractivity contribution < 1.29 is 18.0 Å². The Labute approximate surface area is 121 Å². The van der Waals surface area contributed by atoms with Gasteiger partial charge in [-0.1, -0.05) is 28.1 Å². The Balaban J connectivity index is 2.35. The van der Waals surface area contributed by atoms with Gasteiger partial charge in [0.1, 0.15) is 0 Å². The lowest BCUT2D eigenvalue weighted by atomic mass is 10.1. The average Bonchev–Trinajstić information content (AvgIpc) is 2.46. The quantitative estimate of drug-likeness (QED) is 0.612. The molecular formula is C14H9BrF3NO. The van der Waals surface area contributed by atoms with E-state index >= 15 is 0 Å². The molecule has 0 aliphatic heterocycles. The van der Waals surface area contributed by atoms with E-state index in [-0.39, 0.29) is 11.1 Å². The summed E-state index contributed by atoms with van der Waals surface area (Å²) >= 11 is 3.04. The normalized spacial score (nSPS) is 11.4. The molecule has 1 aromatic heterocycles. The second kappa shape index (κ2) is 5.75. The largest absolute Gasteiger partial charge is 0.416 e. The van der Waals surface area contributed by atoms with Crippen LogP contribution in [0.2, 0.25) is 0 Å². The molecule has 0 saturated carbocycles. The summed E-state index contributed by atoms with van der Waals surface area (Å²) in [6.45, 7) is 0. The molecule has 0 N–H and O–H groups in total. The Morgan fingerprint density at radius 2 is 1.95 bits per heavy atom. The number of aromatic nitrogens is 1. The van der Waals surface area contributed by atoms with Gasteiger partial charge in [-0.15, -0.1) is 0 Å². The maximum Gasteiger partial charge on any atom is 0.416 e. The van der Waals surface area contributed by atoms with Crippen molar-refractivity contribution in [1.82, 2.24) is 4.98 Å². The average molecular weight is 344 g/mol. The first-order valence-corrected chi connectivity index (χ1v) is 6.77. The molecule has 1 heterocycles. The van der Waals surface area contributed by atoms with Crippen LogP contribution < -0.4 is 0 Å². The molecular weight excluding hydrogens is 335 g/mol. The monoisotopic (exact) mass is 343 g/mol. The first-order valence-electron chi connectivity index (χ1n) is 5.64. The maximum atomic E-state index is 12.6. The Bertz CT molecular complexity index is 623. The molecule has 6 heteroatoms. The van der Waals surface area contributed by atoms with E-state index in [1.807, 2.05) is 0 Å². The molecule has 0 radical (unpaired) electrons. The van der Waals surface area contributed by atoms with Gasteiger partial charge in [-0.25, -0.2) is 0 Å². The molecule has 0 amide bonds. The number of ketones is 1. The Morgan fingerprint density at radius 3 is 2.50 bits per heavy atom. The minimum Gasteiger partial charge on any atom is -0.293 e. The van der Waals surface area contributed by atoms with E-state index in [4.69, 9.17) is 0 Å². The van der Waals surface area contributed by atoms with Gasteiger partial charge in [0, 0.05) is 17.3 Å². The zero-order chi connectivity index (χ0) is 14.8. The van der Waals surface area contributed by atoms with E-state index in [1.165, 1.54) is 18.3 Å². The zero-order valence-corrected chi connectivity index (χ0v) is 11.7. The second-order valence-corrected chi connectivity index (χ2v) is 4.63. The first-order chi connectivity index (χ1) is 9.41. The molecule has 2 aromatic rings. The summed E-state index contributed by atoms with van der Waals surface area (Å²) < 4.78 is 37.9. The third-order valence-corrected chi connectivity index (χ3v) is 3.20. The third kappa shape index (κ3) is 3.25. The van der Waals surface area contributed by atoms with E-state index < -0.39 is 11.7 Å². The molecule has 2 nitrogen and oxygen atoms in total. The molecule has 0 aliphatic carbocycles. The van der Waals surface area contributed by atoms with Gasteiger partial charge in [-0.2, -0.15) is 13.2 Å². The van der Waals surface area contributed by atoms with Crippen molar-refractivity contribution >= 4 is 21.7 Å². The highest BCUT2D eigenvalue weighted by molar-refractivity contribution is 9.09. The number of nitrogens with zero attached hydrogens (tertiary/aromatic N) is 1. The molecule has 20 heavy (non-hydrogen) atoms.